The Labute approximate surface area is 109 Å². The summed E-state index contributed by atoms with van der Waals surface area (Å²) in [5.41, 5.74) is 3.48. The molecule has 2 rings (SSSR count). The van der Waals surface area contributed by atoms with Crippen LogP contribution in [-0.4, -0.2) is 15.0 Å². The Kier molecular flexibility index (Phi) is 3.80. The number of nitrogens with zero attached hydrogens (tertiary/aromatic N) is 3. The Balaban J connectivity index is 2.31. The van der Waals surface area contributed by atoms with E-state index >= 15 is 0 Å². The van der Waals surface area contributed by atoms with Crippen molar-refractivity contribution >= 4 is 0 Å². The normalized spacial score (nSPS) is 12.9. The third-order valence-electron chi connectivity index (χ3n) is 3.43. The molecule has 0 spiro atoms. The lowest BCUT2D eigenvalue weighted by Crippen LogP contribution is -1.97. The maximum absolute atomic E-state index is 4.25. The van der Waals surface area contributed by atoms with Gasteiger partial charge in [-0.25, -0.2) is 4.68 Å². The minimum atomic E-state index is 0.465. The van der Waals surface area contributed by atoms with E-state index < -0.39 is 0 Å². The molecule has 0 radical (unpaired) electrons. The second-order valence-electron chi connectivity index (χ2n) is 5.15. The Morgan fingerprint density at radius 2 is 2.00 bits per heavy atom. The molecule has 96 valence electrons. The number of benzene rings is 1. The summed E-state index contributed by atoms with van der Waals surface area (Å²) >= 11 is 0. The van der Waals surface area contributed by atoms with Crippen LogP contribution in [-0.2, 0) is 0 Å². The molecule has 1 atom stereocenters. The van der Waals surface area contributed by atoms with Gasteiger partial charge in [0.15, 0.2) is 0 Å². The molecule has 1 aromatic heterocycles. The Morgan fingerprint density at radius 3 is 2.67 bits per heavy atom. The third kappa shape index (κ3) is 2.61. The van der Waals surface area contributed by atoms with Crippen LogP contribution in [0.4, 0.5) is 0 Å². The summed E-state index contributed by atoms with van der Waals surface area (Å²) in [6.45, 7) is 8.75. The molecular weight excluding hydrogens is 222 g/mol. The summed E-state index contributed by atoms with van der Waals surface area (Å²) in [4.78, 5) is 0. The van der Waals surface area contributed by atoms with Gasteiger partial charge in [-0.15, -0.1) is 5.10 Å². The van der Waals surface area contributed by atoms with Gasteiger partial charge in [-0.1, -0.05) is 45.0 Å². The largest absolute Gasteiger partial charge is 0.220 e. The van der Waals surface area contributed by atoms with E-state index in [2.05, 4.69) is 62.3 Å². The topological polar surface area (TPSA) is 30.7 Å². The Hall–Kier alpha value is -1.64. The van der Waals surface area contributed by atoms with E-state index in [0.29, 0.717) is 11.8 Å². The van der Waals surface area contributed by atoms with Crippen LogP contribution in [0.2, 0.25) is 0 Å². The van der Waals surface area contributed by atoms with Gasteiger partial charge in [0.25, 0.3) is 0 Å². The molecule has 0 saturated heterocycles. The maximum atomic E-state index is 4.25. The molecule has 1 unspecified atom stereocenters. The summed E-state index contributed by atoms with van der Waals surface area (Å²) in [7, 11) is 0. The van der Waals surface area contributed by atoms with Gasteiger partial charge in [-0.2, -0.15) is 0 Å². The summed E-state index contributed by atoms with van der Waals surface area (Å²) in [6, 6.07) is 8.48. The first kappa shape index (κ1) is 12.8. The lowest BCUT2D eigenvalue weighted by molar-refractivity contribution is 0.700. The second-order valence-corrected chi connectivity index (χ2v) is 5.15. The molecule has 1 heterocycles. The highest BCUT2D eigenvalue weighted by Gasteiger charge is 2.09. The van der Waals surface area contributed by atoms with E-state index in [1.54, 1.807) is 0 Å². The van der Waals surface area contributed by atoms with Crippen LogP contribution in [0.5, 0.6) is 0 Å². The highest BCUT2D eigenvalue weighted by atomic mass is 15.4. The molecule has 0 saturated carbocycles. The van der Waals surface area contributed by atoms with Gasteiger partial charge >= 0.3 is 0 Å². The Morgan fingerprint density at radius 1 is 1.22 bits per heavy atom. The molecule has 0 fully saturated rings. The number of aromatic nitrogens is 3. The van der Waals surface area contributed by atoms with Crippen LogP contribution < -0.4 is 0 Å². The van der Waals surface area contributed by atoms with Crippen LogP contribution in [0.25, 0.3) is 5.69 Å². The predicted molar refractivity (Wildman–Crippen MR) is 74.2 cm³/mol. The highest BCUT2D eigenvalue weighted by Crippen LogP contribution is 2.20. The zero-order valence-corrected chi connectivity index (χ0v) is 11.6. The van der Waals surface area contributed by atoms with Gasteiger partial charge in [-0.3, -0.25) is 0 Å². The van der Waals surface area contributed by atoms with Gasteiger partial charge in [0.1, 0.15) is 0 Å². The van der Waals surface area contributed by atoms with Crippen molar-refractivity contribution < 1.29 is 0 Å². The second kappa shape index (κ2) is 5.34. The van der Waals surface area contributed by atoms with Crippen LogP contribution in [0.3, 0.4) is 0 Å². The third-order valence-corrected chi connectivity index (χ3v) is 3.43. The molecule has 0 N–H and O–H groups in total. The summed E-state index contributed by atoms with van der Waals surface area (Å²) in [5.74, 6) is 0.995. The molecule has 0 aliphatic carbocycles. The van der Waals surface area contributed by atoms with Crippen molar-refractivity contribution in [3.8, 4) is 5.69 Å². The number of hydrogen-bond acceptors (Lipinski definition) is 2. The van der Waals surface area contributed by atoms with E-state index in [1.807, 2.05) is 10.9 Å². The number of rotatable bonds is 4. The molecule has 2 aromatic rings. The van der Waals surface area contributed by atoms with E-state index in [1.165, 1.54) is 5.56 Å². The van der Waals surface area contributed by atoms with Crippen molar-refractivity contribution in [1.82, 2.24) is 15.0 Å². The summed E-state index contributed by atoms with van der Waals surface area (Å²) in [5, 5.41) is 8.47. The van der Waals surface area contributed by atoms with E-state index in [0.717, 1.165) is 17.8 Å². The van der Waals surface area contributed by atoms with Crippen LogP contribution in [0.15, 0.2) is 30.5 Å². The van der Waals surface area contributed by atoms with Crippen molar-refractivity contribution in [3.05, 3.63) is 41.7 Å². The maximum Gasteiger partial charge on any atom is 0.0859 e. The fourth-order valence-corrected chi connectivity index (χ4v) is 1.86. The van der Waals surface area contributed by atoms with Crippen molar-refractivity contribution in [2.24, 2.45) is 0 Å². The van der Waals surface area contributed by atoms with E-state index in [4.69, 9.17) is 0 Å². The fourth-order valence-electron chi connectivity index (χ4n) is 1.86. The lowest BCUT2D eigenvalue weighted by atomic mass is 10.0. The minimum absolute atomic E-state index is 0.465. The summed E-state index contributed by atoms with van der Waals surface area (Å²) < 4.78 is 1.87. The predicted octanol–water partition coefficient (Wildman–Crippen LogP) is 3.90. The first-order chi connectivity index (χ1) is 8.61. The average molecular weight is 243 g/mol. The smallest absolute Gasteiger partial charge is 0.0859 e. The van der Waals surface area contributed by atoms with Crippen molar-refractivity contribution in [2.75, 3.05) is 0 Å². The van der Waals surface area contributed by atoms with Gasteiger partial charge in [0.2, 0.25) is 0 Å². The van der Waals surface area contributed by atoms with Gasteiger partial charge < -0.3 is 0 Å². The lowest BCUT2D eigenvalue weighted by Gasteiger charge is -2.07. The monoisotopic (exact) mass is 243 g/mol. The highest BCUT2D eigenvalue weighted by molar-refractivity contribution is 5.36. The van der Waals surface area contributed by atoms with Crippen LogP contribution in [0.1, 0.15) is 57.2 Å². The molecule has 0 aliphatic rings. The zero-order valence-electron chi connectivity index (χ0n) is 11.6. The van der Waals surface area contributed by atoms with E-state index in [-0.39, 0.29) is 0 Å². The van der Waals surface area contributed by atoms with Gasteiger partial charge in [-0.05, 0) is 30.0 Å². The molecule has 0 aliphatic heterocycles. The van der Waals surface area contributed by atoms with Crippen LogP contribution >= 0.6 is 0 Å². The molecule has 1 aromatic carbocycles. The SMILES string of the molecule is CCC(C)c1cn(-c2cccc(C(C)C)c2)nn1. The van der Waals surface area contributed by atoms with Crippen molar-refractivity contribution in [1.29, 1.82) is 0 Å². The van der Waals surface area contributed by atoms with Gasteiger partial charge in [0.05, 0.1) is 17.6 Å². The Bertz CT molecular complexity index is 514. The molecule has 18 heavy (non-hydrogen) atoms. The number of hydrogen-bond donors (Lipinski definition) is 0. The average Bonchev–Trinajstić information content (AvgIpc) is 2.87. The first-order valence-electron chi connectivity index (χ1n) is 6.64. The minimum Gasteiger partial charge on any atom is -0.220 e. The molecule has 0 bridgehead atoms. The first-order valence-corrected chi connectivity index (χ1v) is 6.64. The summed E-state index contributed by atoms with van der Waals surface area (Å²) in [6.07, 6.45) is 3.12. The quantitative estimate of drug-likeness (QED) is 0.815. The van der Waals surface area contributed by atoms with Crippen molar-refractivity contribution in [2.45, 2.75) is 46.0 Å². The zero-order chi connectivity index (χ0) is 13.1. The van der Waals surface area contributed by atoms with Crippen LogP contribution in [0, 0.1) is 0 Å². The molecule has 0 amide bonds. The van der Waals surface area contributed by atoms with Gasteiger partial charge in [0, 0.05) is 5.92 Å². The molecule has 3 nitrogen and oxygen atoms in total. The molecule has 3 heteroatoms. The molecular formula is C15H21N3. The van der Waals surface area contributed by atoms with Crippen molar-refractivity contribution in [3.63, 3.8) is 0 Å². The van der Waals surface area contributed by atoms with E-state index in [9.17, 15) is 0 Å². The fraction of sp³-hybridized carbons (Fsp3) is 0.467. The standard InChI is InChI=1S/C15H21N3/c1-5-12(4)15-10-18(17-16-15)14-8-6-7-13(9-14)11(2)3/h6-12H,5H2,1-4H3.